The maximum atomic E-state index is 11.7. The van der Waals surface area contributed by atoms with Gasteiger partial charge in [0.2, 0.25) is 0 Å². The largest absolute Gasteiger partial charge is 0.459 e. The Morgan fingerprint density at radius 3 is 3.04 bits per heavy atom. The Bertz CT molecular complexity index is 683. The molecule has 1 saturated heterocycles. The molecule has 0 aliphatic carbocycles. The molecule has 1 aromatic carbocycles. The number of esters is 1. The molecule has 1 fully saturated rings. The third-order valence-electron chi connectivity index (χ3n) is 4.04. The van der Waals surface area contributed by atoms with Crippen molar-refractivity contribution < 1.29 is 13.9 Å². The highest BCUT2D eigenvalue weighted by molar-refractivity contribution is 5.84. The van der Waals surface area contributed by atoms with Crippen LogP contribution in [0.1, 0.15) is 54.0 Å². The van der Waals surface area contributed by atoms with Crippen LogP contribution in [0.3, 0.4) is 0 Å². The van der Waals surface area contributed by atoms with Crippen LogP contribution < -0.4 is 4.90 Å². The number of aryl methyl sites for hydroxylation is 1. The summed E-state index contributed by atoms with van der Waals surface area (Å²) in [6, 6.07) is 9.04. The Balaban J connectivity index is 1.85. The van der Waals surface area contributed by atoms with Crippen molar-refractivity contribution in [1.29, 1.82) is 0 Å². The van der Waals surface area contributed by atoms with Gasteiger partial charge in [0.15, 0.2) is 0 Å². The van der Waals surface area contributed by atoms with Crippen LogP contribution in [0, 0.1) is 6.92 Å². The molecule has 6 nitrogen and oxygen atoms in total. The van der Waals surface area contributed by atoms with E-state index in [1.165, 1.54) is 11.1 Å². The third-order valence-corrected chi connectivity index (χ3v) is 4.04. The molecule has 0 saturated carbocycles. The van der Waals surface area contributed by atoms with E-state index in [0.29, 0.717) is 6.01 Å². The smallest absolute Gasteiger partial charge is 0.396 e. The van der Waals surface area contributed by atoms with Gasteiger partial charge in [-0.05, 0) is 38.7 Å². The van der Waals surface area contributed by atoms with Crippen LogP contribution in [0.5, 0.6) is 0 Å². The van der Waals surface area contributed by atoms with Crippen molar-refractivity contribution in [2.45, 2.75) is 39.2 Å². The van der Waals surface area contributed by atoms with E-state index in [1.807, 2.05) is 0 Å². The van der Waals surface area contributed by atoms with E-state index in [4.69, 9.17) is 9.15 Å². The summed E-state index contributed by atoms with van der Waals surface area (Å²) >= 11 is 0. The molecule has 1 aromatic heterocycles. The van der Waals surface area contributed by atoms with Gasteiger partial charge in [0.1, 0.15) is 0 Å². The van der Waals surface area contributed by atoms with E-state index in [-0.39, 0.29) is 18.5 Å². The minimum Gasteiger partial charge on any atom is -0.459 e. The van der Waals surface area contributed by atoms with Crippen LogP contribution in [-0.2, 0) is 4.74 Å². The minimum atomic E-state index is -0.574. The molecule has 0 spiro atoms. The third kappa shape index (κ3) is 3.36. The number of hydrogen-bond acceptors (Lipinski definition) is 6. The van der Waals surface area contributed by atoms with E-state index in [0.717, 1.165) is 25.8 Å². The summed E-state index contributed by atoms with van der Waals surface area (Å²) in [5.41, 5.74) is 2.46. The lowest BCUT2D eigenvalue weighted by Crippen LogP contribution is -2.33. The topological polar surface area (TPSA) is 68.5 Å². The van der Waals surface area contributed by atoms with Crippen molar-refractivity contribution in [2.24, 2.45) is 0 Å². The Hall–Kier alpha value is -2.37. The number of hydrogen-bond donors (Lipinski definition) is 0. The quantitative estimate of drug-likeness (QED) is 0.807. The molecule has 1 aliphatic rings. The summed E-state index contributed by atoms with van der Waals surface area (Å²) < 4.78 is 10.5. The van der Waals surface area contributed by atoms with Crippen LogP contribution in [-0.4, -0.2) is 29.3 Å². The van der Waals surface area contributed by atoms with E-state index in [2.05, 4.69) is 46.3 Å². The van der Waals surface area contributed by atoms with Gasteiger partial charge in [-0.15, -0.1) is 0 Å². The van der Waals surface area contributed by atoms with Gasteiger partial charge in [-0.3, -0.25) is 0 Å². The average Bonchev–Trinajstić information content (AvgIpc) is 3.05. The van der Waals surface area contributed by atoms with Crippen molar-refractivity contribution in [3.8, 4) is 0 Å². The summed E-state index contributed by atoms with van der Waals surface area (Å²) in [6.45, 7) is 4.95. The van der Waals surface area contributed by atoms with Gasteiger partial charge in [-0.1, -0.05) is 40.0 Å². The molecule has 0 radical (unpaired) electrons. The van der Waals surface area contributed by atoms with Gasteiger partial charge in [-0.25, -0.2) is 4.79 Å². The Morgan fingerprint density at radius 2 is 2.26 bits per heavy atom. The van der Waals surface area contributed by atoms with Crippen molar-refractivity contribution in [1.82, 2.24) is 10.2 Å². The second-order valence-corrected chi connectivity index (χ2v) is 5.73. The minimum absolute atomic E-state index is 0.0876. The van der Waals surface area contributed by atoms with Crippen molar-refractivity contribution in [3.05, 3.63) is 41.3 Å². The number of carbonyl (C=O) groups is 1. The predicted octanol–water partition coefficient (Wildman–Crippen LogP) is 3.29. The summed E-state index contributed by atoms with van der Waals surface area (Å²) in [6.07, 6.45) is 3.26. The first-order chi connectivity index (χ1) is 11.2. The number of piperidine rings is 1. The highest BCUT2D eigenvalue weighted by Crippen LogP contribution is 2.34. The van der Waals surface area contributed by atoms with Gasteiger partial charge >= 0.3 is 17.9 Å². The van der Waals surface area contributed by atoms with Crippen LogP contribution in [0.25, 0.3) is 0 Å². The van der Waals surface area contributed by atoms with E-state index in [9.17, 15) is 4.79 Å². The van der Waals surface area contributed by atoms with Crippen molar-refractivity contribution in [3.63, 3.8) is 0 Å². The second-order valence-electron chi connectivity index (χ2n) is 5.73. The molecule has 122 valence electrons. The SMILES string of the molecule is CCOC(=O)c1nnc(N2CCCCC2c2cccc(C)c2)o1. The second kappa shape index (κ2) is 6.81. The fourth-order valence-electron chi connectivity index (χ4n) is 2.99. The molecule has 2 aromatic rings. The summed E-state index contributed by atoms with van der Waals surface area (Å²) in [5.74, 6) is -0.661. The maximum Gasteiger partial charge on any atom is 0.396 e. The number of ether oxygens (including phenoxy) is 1. The van der Waals surface area contributed by atoms with Gasteiger partial charge in [0, 0.05) is 6.54 Å². The number of benzene rings is 1. The van der Waals surface area contributed by atoms with Crippen molar-refractivity contribution in [2.75, 3.05) is 18.1 Å². The molecule has 1 atom stereocenters. The van der Waals surface area contributed by atoms with Gasteiger partial charge in [0.25, 0.3) is 0 Å². The molecule has 23 heavy (non-hydrogen) atoms. The highest BCUT2D eigenvalue weighted by Gasteiger charge is 2.29. The molecule has 1 unspecified atom stereocenters. The lowest BCUT2D eigenvalue weighted by Gasteiger charge is -2.34. The zero-order valence-corrected chi connectivity index (χ0v) is 13.5. The molecule has 0 bridgehead atoms. The van der Waals surface area contributed by atoms with E-state index >= 15 is 0 Å². The van der Waals surface area contributed by atoms with Gasteiger partial charge in [-0.2, -0.15) is 0 Å². The summed E-state index contributed by atoms with van der Waals surface area (Å²) in [7, 11) is 0. The zero-order chi connectivity index (χ0) is 16.2. The maximum absolute atomic E-state index is 11.7. The van der Waals surface area contributed by atoms with E-state index < -0.39 is 5.97 Å². The number of carbonyl (C=O) groups excluding carboxylic acids is 1. The van der Waals surface area contributed by atoms with Crippen molar-refractivity contribution >= 4 is 12.0 Å². The predicted molar refractivity (Wildman–Crippen MR) is 85.4 cm³/mol. The van der Waals surface area contributed by atoms with Gasteiger partial charge in [0.05, 0.1) is 12.6 Å². The first kappa shape index (κ1) is 15.5. The number of nitrogens with zero attached hydrogens (tertiary/aromatic N) is 3. The van der Waals surface area contributed by atoms with Crippen LogP contribution in [0.2, 0.25) is 0 Å². The molecule has 0 N–H and O–H groups in total. The normalized spacial score (nSPS) is 18.0. The molecular weight excluding hydrogens is 294 g/mol. The van der Waals surface area contributed by atoms with E-state index in [1.54, 1.807) is 6.92 Å². The lowest BCUT2D eigenvalue weighted by molar-refractivity contribution is 0.0481. The molecule has 6 heteroatoms. The molecular formula is C17H21N3O3. The zero-order valence-electron chi connectivity index (χ0n) is 13.5. The summed E-state index contributed by atoms with van der Waals surface area (Å²) in [5, 5.41) is 7.87. The fourth-order valence-corrected chi connectivity index (χ4v) is 2.99. The van der Waals surface area contributed by atoms with Crippen LogP contribution >= 0.6 is 0 Å². The van der Waals surface area contributed by atoms with Crippen LogP contribution in [0.15, 0.2) is 28.7 Å². The Labute approximate surface area is 135 Å². The molecule has 2 heterocycles. The first-order valence-electron chi connectivity index (χ1n) is 8.03. The standard InChI is InChI=1S/C17H21N3O3/c1-3-22-16(21)15-18-19-17(23-15)20-10-5-4-9-14(20)13-8-6-7-12(2)11-13/h6-8,11,14H,3-5,9-10H2,1-2H3. The lowest BCUT2D eigenvalue weighted by atomic mass is 9.95. The number of rotatable bonds is 4. The van der Waals surface area contributed by atoms with Crippen LogP contribution in [0.4, 0.5) is 6.01 Å². The Kier molecular flexibility index (Phi) is 4.60. The molecule has 0 amide bonds. The monoisotopic (exact) mass is 315 g/mol. The number of aromatic nitrogens is 2. The Morgan fingerprint density at radius 1 is 1.39 bits per heavy atom. The first-order valence-corrected chi connectivity index (χ1v) is 8.03. The highest BCUT2D eigenvalue weighted by atomic mass is 16.5. The fraction of sp³-hybridized carbons (Fsp3) is 0.471. The van der Waals surface area contributed by atoms with Gasteiger partial charge < -0.3 is 14.1 Å². The summed E-state index contributed by atoms with van der Waals surface area (Å²) in [4.78, 5) is 13.8. The molecule has 1 aliphatic heterocycles. The average molecular weight is 315 g/mol. The molecule has 3 rings (SSSR count). The number of anilines is 1.